The molecule has 0 heterocycles. The molecule has 20 heavy (non-hydrogen) atoms. The van der Waals surface area contributed by atoms with Crippen LogP contribution in [0, 0.1) is 5.92 Å². The maximum atomic E-state index is 12.4. The Morgan fingerprint density at radius 1 is 1.30 bits per heavy atom. The lowest BCUT2D eigenvalue weighted by molar-refractivity contribution is 0.0939. The quantitative estimate of drug-likeness (QED) is 0.727. The second-order valence-corrected chi connectivity index (χ2v) is 7.27. The van der Waals surface area contributed by atoms with E-state index in [9.17, 15) is 13.2 Å². The molecule has 0 amide bonds. The van der Waals surface area contributed by atoms with Crippen LogP contribution >= 0.6 is 0 Å². The number of carbonyl (C=O) groups is 1. The summed E-state index contributed by atoms with van der Waals surface area (Å²) < 4.78 is 26.1. The Balaban J connectivity index is 3.07. The van der Waals surface area contributed by atoms with E-state index < -0.39 is 10.0 Å². The van der Waals surface area contributed by atoms with Crippen LogP contribution in [-0.2, 0) is 10.0 Å². The molecule has 112 valence electrons. The fraction of sp³-hybridized carbons (Fsp3) is 0.533. The molecule has 0 bridgehead atoms. The van der Waals surface area contributed by atoms with Gasteiger partial charge < -0.3 is 0 Å². The Labute approximate surface area is 121 Å². The smallest absolute Gasteiger partial charge is 0.242 e. The normalized spacial score (nSPS) is 12.1. The van der Waals surface area contributed by atoms with Gasteiger partial charge in [-0.2, -0.15) is 0 Å². The van der Waals surface area contributed by atoms with Gasteiger partial charge in [-0.1, -0.05) is 39.3 Å². The topological polar surface area (TPSA) is 54.5 Å². The summed E-state index contributed by atoms with van der Waals surface area (Å²) in [5, 5.41) is 0. The Morgan fingerprint density at radius 3 is 2.50 bits per heavy atom. The lowest BCUT2D eigenvalue weighted by atomic mass is 10.0. The first-order valence-electron chi connectivity index (χ1n) is 6.91. The highest BCUT2D eigenvalue weighted by atomic mass is 32.2. The van der Waals surface area contributed by atoms with Crippen molar-refractivity contribution in [3.63, 3.8) is 0 Å². The standard InChI is InChI=1S/C15H23NO3S/c1-5-6-10-16(4)20(18,19)14-9-7-8-13(11-14)15(17)12(2)3/h7-9,11-12H,5-6,10H2,1-4H3. The Kier molecular flexibility index (Phi) is 5.89. The maximum Gasteiger partial charge on any atom is 0.242 e. The highest BCUT2D eigenvalue weighted by Crippen LogP contribution is 2.18. The average molecular weight is 297 g/mol. The van der Waals surface area contributed by atoms with Crippen molar-refractivity contribution in [2.45, 2.75) is 38.5 Å². The molecule has 0 aliphatic carbocycles. The molecule has 0 aliphatic rings. The SMILES string of the molecule is CCCCN(C)S(=O)(=O)c1cccc(C(=O)C(C)C)c1. The summed E-state index contributed by atoms with van der Waals surface area (Å²) in [4.78, 5) is 12.1. The molecule has 1 aromatic rings. The predicted molar refractivity (Wildman–Crippen MR) is 80.3 cm³/mol. The van der Waals surface area contributed by atoms with Crippen LogP contribution < -0.4 is 0 Å². The highest BCUT2D eigenvalue weighted by Gasteiger charge is 2.21. The summed E-state index contributed by atoms with van der Waals surface area (Å²) >= 11 is 0. The number of Topliss-reactive ketones (excluding diaryl/α,β-unsaturated/α-hetero) is 1. The lowest BCUT2D eigenvalue weighted by Gasteiger charge is -2.17. The molecule has 5 heteroatoms. The van der Waals surface area contributed by atoms with Crippen molar-refractivity contribution >= 4 is 15.8 Å². The van der Waals surface area contributed by atoms with Crippen LogP contribution in [0.3, 0.4) is 0 Å². The van der Waals surface area contributed by atoms with Gasteiger partial charge in [0.15, 0.2) is 5.78 Å². The van der Waals surface area contributed by atoms with Crippen molar-refractivity contribution in [3.8, 4) is 0 Å². The molecule has 0 unspecified atom stereocenters. The van der Waals surface area contributed by atoms with Crippen molar-refractivity contribution < 1.29 is 13.2 Å². The van der Waals surface area contributed by atoms with Gasteiger partial charge in [0.25, 0.3) is 0 Å². The summed E-state index contributed by atoms with van der Waals surface area (Å²) in [6.45, 7) is 6.11. The number of carbonyl (C=O) groups excluding carboxylic acids is 1. The maximum absolute atomic E-state index is 12.4. The number of rotatable bonds is 7. The van der Waals surface area contributed by atoms with Crippen molar-refractivity contribution in [1.82, 2.24) is 4.31 Å². The molecule has 0 fully saturated rings. The summed E-state index contributed by atoms with van der Waals surface area (Å²) in [7, 11) is -1.94. The summed E-state index contributed by atoms with van der Waals surface area (Å²) in [5.74, 6) is -0.191. The van der Waals surface area contributed by atoms with Gasteiger partial charge in [-0.15, -0.1) is 0 Å². The zero-order valence-corrected chi connectivity index (χ0v) is 13.4. The van der Waals surface area contributed by atoms with E-state index in [1.807, 2.05) is 6.92 Å². The molecule has 0 aromatic heterocycles. The number of sulfonamides is 1. The molecule has 0 atom stereocenters. The largest absolute Gasteiger partial charge is 0.294 e. The van der Waals surface area contributed by atoms with Crippen LogP contribution in [0.2, 0.25) is 0 Å². The van der Waals surface area contributed by atoms with Gasteiger partial charge in [-0.3, -0.25) is 4.79 Å². The molecule has 0 saturated carbocycles. The molecule has 0 radical (unpaired) electrons. The first kappa shape index (κ1) is 16.9. The second kappa shape index (κ2) is 6.99. The summed E-state index contributed by atoms with van der Waals surface area (Å²) in [6, 6.07) is 6.29. The Morgan fingerprint density at radius 2 is 1.95 bits per heavy atom. The van der Waals surface area contributed by atoms with Gasteiger partial charge in [0.2, 0.25) is 10.0 Å². The molecule has 0 spiro atoms. The number of ketones is 1. The third-order valence-corrected chi connectivity index (χ3v) is 5.03. The molecule has 0 N–H and O–H groups in total. The molecule has 0 saturated heterocycles. The monoisotopic (exact) mass is 297 g/mol. The van der Waals surface area contributed by atoms with E-state index in [1.54, 1.807) is 33.0 Å². The van der Waals surface area contributed by atoms with E-state index in [2.05, 4.69) is 0 Å². The minimum atomic E-state index is -3.51. The average Bonchev–Trinajstić information content (AvgIpc) is 2.43. The minimum Gasteiger partial charge on any atom is -0.294 e. The Bertz CT molecular complexity index is 564. The molecule has 0 aliphatic heterocycles. The van der Waals surface area contributed by atoms with Crippen molar-refractivity contribution in [3.05, 3.63) is 29.8 Å². The van der Waals surface area contributed by atoms with Crippen molar-refractivity contribution in [1.29, 1.82) is 0 Å². The summed E-state index contributed by atoms with van der Waals surface area (Å²) in [5.41, 5.74) is 0.449. The van der Waals surface area contributed by atoms with E-state index in [0.29, 0.717) is 12.1 Å². The van der Waals surface area contributed by atoms with Crippen LogP contribution in [0.15, 0.2) is 29.2 Å². The van der Waals surface area contributed by atoms with Crippen molar-refractivity contribution in [2.75, 3.05) is 13.6 Å². The van der Waals surface area contributed by atoms with Crippen LogP contribution in [0.25, 0.3) is 0 Å². The van der Waals surface area contributed by atoms with E-state index in [4.69, 9.17) is 0 Å². The first-order chi connectivity index (χ1) is 9.30. The number of benzene rings is 1. The number of unbranched alkanes of at least 4 members (excludes halogenated alkanes) is 1. The molecular formula is C15H23NO3S. The number of hydrogen-bond donors (Lipinski definition) is 0. The fourth-order valence-corrected chi connectivity index (χ4v) is 3.08. The van der Waals surface area contributed by atoms with E-state index in [1.165, 1.54) is 16.4 Å². The summed E-state index contributed by atoms with van der Waals surface area (Å²) in [6.07, 6.45) is 1.76. The molecule has 1 aromatic carbocycles. The third kappa shape index (κ3) is 3.90. The van der Waals surface area contributed by atoms with Gasteiger partial charge in [-0.25, -0.2) is 12.7 Å². The zero-order chi connectivity index (χ0) is 15.3. The molecule has 4 nitrogen and oxygen atoms in total. The highest BCUT2D eigenvalue weighted by molar-refractivity contribution is 7.89. The first-order valence-corrected chi connectivity index (χ1v) is 8.35. The minimum absolute atomic E-state index is 0.0433. The molecular weight excluding hydrogens is 274 g/mol. The molecule has 1 rings (SSSR count). The van der Waals surface area contributed by atoms with Gasteiger partial charge in [0.05, 0.1) is 4.90 Å². The van der Waals surface area contributed by atoms with Crippen LogP contribution in [0.5, 0.6) is 0 Å². The second-order valence-electron chi connectivity index (χ2n) is 5.23. The fourth-order valence-electron chi connectivity index (χ4n) is 1.82. The van der Waals surface area contributed by atoms with Gasteiger partial charge in [0.1, 0.15) is 0 Å². The van der Waals surface area contributed by atoms with Crippen LogP contribution in [0.4, 0.5) is 0 Å². The van der Waals surface area contributed by atoms with E-state index in [-0.39, 0.29) is 16.6 Å². The number of nitrogens with zero attached hydrogens (tertiary/aromatic N) is 1. The van der Waals surface area contributed by atoms with Crippen LogP contribution in [-0.4, -0.2) is 32.1 Å². The number of hydrogen-bond acceptors (Lipinski definition) is 3. The van der Waals surface area contributed by atoms with Gasteiger partial charge in [-0.05, 0) is 18.6 Å². The van der Waals surface area contributed by atoms with Gasteiger partial charge >= 0.3 is 0 Å². The predicted octanol–water partition coefficient (Wildman–Crippen LogP) is 2.95. The van der Waals surface area contributed by atoms with Gasteiger partial charge in [0, 0.05) is 25.1 Å². The van der Waals surface area contributed by atoms with Crippen LogP contribution in [0.1, 0.15) is 44.0 Å². The lowest BCUT2D eigenvalue weighted by Crippen LogP contribution is -2.28. The van der Waals surface area contributed by atoms with E-state index in [0.717, 1.165) is 12.8 Å². The third-order valence-electron chi connectivity index (χ3n) is 3.18. The zero-order valence-electron chi connectivity index (χ0n) is 12.6. The van der Waals surface area contributed by atoms with E-state index >= 15 is 0 Å². The Hall–Kier alpha value is -1.20. The van der Waals surface area contributed by atoms with Crippen molar-refractivity contribution in [2.24, 2.45) is 5.92 Å².